The number of hydrogen-bond acceptors (Lipinski definition) is 3. The van der Waals surface area contributed by atoms with Crippen LogP contribution < -0.4 is 0 Å². The van der Waals surface area contributed by atoms with E-state index in [0.717, 1.165) is 18.9 Å². The van der Waals surface area contributed by atoms with Crippen LogP contribution in [0.25, 0.3) is 0 Å². The first-order chi connectivity index (χ1) is 8.95. The van der Waals surface area contributed by atoms with Gasteiger partial charge in [-0.15, -0.1) is 0 Å². The molecule has 1 amide bonds. The molecule has 0 unspecified atom stereocenters. The molecule has 0 radical (unpaired) electrons. The summed E-state index contributed by atoms with van der Waals surface area (Å²) in [5, 5.41) is 0. The highest BCUT2D eigenvalue weighted by molar-refractivity contribution is 5.77. The molecule has 0 saturated carbocycles. The lowest BCUT2D eigenvalue weighted by atomic mass is 10.1. The van der Waals surface area contributed by atoms with Crippen molar-refractivity contribution in [3.05, 3.63) is 0 Å². The van der Waals surface area contributed by atoms with E-state index in [2.05, 4.69) is 13.8 Å². The molecule has 0 aliphatic carbocycles. The van der Waals surface area contributed by atoms with E-state index in [-0.39, 0.29) is 11.8 Å². The van der Waals surface area contributed by atoms with Crippen molar-refractivity contribution in [3.8, 4) is 0 Å². The predicted molar refractivity (Wildman–Crippen MR) is 78.2 cm³/mol. The van der Waals surface area contributed by atoms with Crippen LogP contribution in [-0.2, 0) is 14.3 Å². The van der Waals surface area contributed by atoms with Crippen molar-refractivity contribution in [2.75, 3.05) is 40.0 Å². The highest BCUT2D eigenvalue weighted by Gasteiger charge is 2.11. The van der Waals surface area contributed by atoms with Crippen LogP contribution in [0.3, 0.4) is 0 Å². The molecule has 0 aromatic rings. The number of nitrogens with zero attached hydrogens (tertiary/aromatic N) is 1. The summed E-state index contributed by atoms with van der Waals surface area (Å²) < 4.78 is 10.9. The van der Waals surface area contributed by atoms with Crippen LogP contribution in [0.4, 0.5) is 0 Å². The first-order valence-electron chi connectivity index (χ1n) is 7.35. The van der Waals surface area contributed by atoms with Gasteiger partial charge in [0, 0.05) is 26.1 Å². The van der Waals surface area contributed by atoms with Crippen molar-refractivity contribution >= 4 is 5.91 Å². The number of carbonyl (C=O) groups excluding carboxylic acids is 1. The van der Waals surface area contributed by atoms with Gasteiger partial charge in [-0.3, -0.25) is 4.79 Å². The maximum Gasteiger partial charge on any atom is 0.224 e. The van der Waals surface area contributed by atoms with Crippen molar-refractivity contribution < 1.29 is 14.3 Å². The van der Waals surface area contributed by atoms with Gasteiger partial charge in [0.15, 0.2) is 0 Å². The van der Waals surface area contributed by atoms with Crippen molar-refractivity contribution in [3.63, 3.8) is 0 Å². The van der Waals surface area contributed by atoms with Gasteiger partial charge in [0.2, 0.25) is 5.91 Å². The van der Waals surface area contributed by atoms with Crippen LogP contribution in [-0.4, -0.2) is 50.8 Å². The molecule has 0 aliphatic heterocycles. The van der Waals surface area contributed by atoms with Crippen LogP contribution in [0.2, 0.25) is 0 Å². The van der Waals surface area contributed by atoms with Crippen molar-refractivity contribution in [1.82, 2.24) is 4.90 Å². The average Bonchev–Trinajstić information content (AvgIpc) is 2.35. The molecule has 19 heavy (non-hydrogen) atoms. The van der Waals surface area contributed by atoms with E-state index in [4.69, 9.17) is 9.47 Å². The number of likely N-dealkylation sites (N-methyl/N-ethyl adjacent to an activating group) is 1. The Morgan fingerprint density at radius 3 is 2.11 bits per heavy atom. The Morgan fingerprint density at radius 1 is 1.00 bits per heavy atom. The molecule has 0 aromatic carbocycles. The standard InChI is InChI=1S/C15H31NO3/c1-13(2)7-6-9-18-11-12-19-10-8-16(5)15(17)14(3)4/h13-14H,6-12H2,1-5H3. The molecule has 0 atom stereocenters. The van der Waals surface area contributed by atoms with Crippen molar-refractivity contribution in [2.24, 2.45) is 11.8 Å². The summed E-state index contributed by atoms with van der Waals surface area (Å²) in [5.41, 5.74) is 0. The smallest absolute Gasteiger partial charge is 0.224 e. The minimum atomic E-state index is 0.0503. The summed E-state index contributed by atoms with van der Waals surface area (Å²) in [6.45, 7) is 11.5. The molecule has 0 heterocycles. The Bertz CT molecular complexity index is 229. The van der Waals surface area contributed by atoms with Crippen LogP contribution in [0.1, 0.15) is 40.5 Å². The van der Waals surface area contributed by atoms with Crippen molar-refractivity contribution in [1.29, 1.82) is 0 Å². The molecule has 0 fully saturated rings. The minimum Gasteiger partial charge on any atom is -0.379 e. The maximum atomic E-state index is 11.6. The molecule has 0 rings (SSSR count). The van der Waals surface area contributed by atoms with Gasteiger partial charge in [0.25, 0.3) is 0 Å². The Balaban J connectivity index is 3.29. The predicted octanol–water partition coefficient (Wildman–Crippen LogP) is 2.57. The van der Waals surface area contributed by atoms with Crippen LogP contribution in [0, 0.1) is 11.8 Å². The first kappa shape index (κ1) is 18.4. The Kier molecular flexibility index (Phi) is 10.9. The summed E-state index contributed by atoms with van der Waals surface area (Å²) in [7, 11) is 1.81. The lowest BCUT2D eigenvalue weighted by Gasteiger charge is -2.19. The second kappa shape index (κ2) is 11.2. The third-order valence-corrected chi connectivity index (χ3v) is 2.88. The van der Waals surface area contributed by atoms with Gasteiger partial charge in [-0.2, -0.15) is 0 Å². The van der Waals surface area contributed by atoms with E-state index in [1.54, 1.807) is 4.90 Å². The zero-order valence-corrected chi connectivity index (χ0v) is 13.3. The second-order valence-electron chi connectivity index (χ2n) is 5.68. The highest BCUT2D eigenvalue weighted by Crippen LogP contribution is 2.03. The molecule has 4 heteroatoms. The lowest BCUT2D eigenvalue weighted by Crippen LogP contribution is -2.33. The number of ether oxygens (including phenoxy) is 2. The summed E-state index contributed by atoms with van der Waals surface area (Å²) in [6.07, 6.45) is 2.33. The number of rotatable bonds is 11. The molecular weight excluding hydrogens is 242 g/mol. The van der Waals surface area contributed by atoms with Crippen LogP contribution in [0.5, 0.6) is 0 Å². The quantitative estimate of drug-likeness (QED) is 0.543. The summed E-state index contributed by atoms with van der Waals surface area (Å²) in [5.74, 6) is 0.955. The lowest BCUT2D eigenvalue weighted by molar-refractivity contribution is -0.133. The molecule has 0 spiro atoms. The van der Waals surface area contributed by atoms with Gasteiger partial charge in [-0.1, -0.05) is 27.7 Å². The maximum absolute atomic E-state index is 11.6. The topological polar surface area (TPSA) is 38.8 Å². The highest BCUT2D eigenvalue weighted by atomic mass is 16.5. The number of amides is 1. The van der Waals surface area contributed by atoms with E-state index in [1.165, 1.54) is 6.42 Å². The molecule has 0 aliphatic rings. The van der Waals surface area contributed by atoms with E-state index >= 15 is 0 Å². The monoisotopic (exact) mass is 273 g/mol. The molecule has 0 aromatic heterocycles. The Hall–Kier alpha value is -0.610. The van der Waals surface area contributed by atoms with Gasteiger partial charge < -0.3 is 14.4 Å². The normalized spacial score (nSPS) is 11.3. The average molecular weight is 273 g/mol. The van der Waals surface area contributed by atoms with Gasteiger partial charge in [0.05, 0.1) is 19.8 Å². The Morgan fingerprint density at radius 2 is 1.58 bits per heavy atom. The largest absolute Gasteiger partial charge is 0.379 e. The third kappa shape index (κ3) is 11.0. The van der Waals surface area contributed by atoms with Gasteiger partial charge in [-0.05, 0) is 18.8 Å². The SMILES string of the molecule is CC(C)CCCOCCOCCN(C)C(=O)C(C)C. The fourth-order valence-electron chi connectivity index (χ4n) is 1.67. The molecule has 114 valence electrons. The number of carbonyl (C=O) groups is 1. The second-order valence-corrected chi connectivity index (χ2v) is 5.68. The molecule has 0 saturated heterocycles. The minimum absolute atomic E-state index is 0.0503. The first-order valence-corrected chi connectivity index (χ1v) is 7.35. The number of hydrogen-bond donors (Lipinski definition) is 0. The van der Waals surface area contributed by atoms with E-state index < -0.39 is 0 Å². The zero-order valence-electron chi connectivity index (χ0n) is 13.3. The van der Waals surface area contributed by atoms with Gasteiger partial charge in [-0.25, -0.2) is 0 Å². The van der Waals surface area contributed by atoms with Crippen LogP contribution in [0.15, 0.2) is 0 Å². The van der Waals surface area contributed by atoms with E-state index in [0.29, 0.717) is 26.4 Å². The summed E-state index contributed by atoms with van der Waals surface area (Å²) in [4.78, 5) is 13.3. The van der Waals surface area contributed by atoms with Gasteiger partial charge >= 0.3 is 0 Å². The third-order valence-electron chi connectivity index (χ3n) is 2.88. The van der Waals surface area contributed by atoms with E-state index in [9.17, 15) is 4.79 Å². The summed E-state index contributed by atoms with van der Waals surface area (Å²) in [6, 6.07) is 0. The fourth-order valence-corrected chi connectivity index (χ4v) is 1.67. The Labute approximate surface area is 118 Å². The van der Waals surface area contributed by atoms with E-state index in [1.807, 2.05) is 20.9 Å². The fraction of sp³-hybridized carbons (Fsp3) is 0.933. The molecule has 0 N–H and O–H groups in total. The van der Waals surface area contributed by atoms with Crippen molar-refractivity contribution in [2.45, 2.75) is 40.5 Å². The van der Waals surface area contributed by atoms with Gasteiger partial charge in [0.1, 0.15) is 0 Å². The van der Waals surface area contributed by atoms with Crippen LogP contribution >= 0.6 is 0 Å². The molecule has 4 nitrogen and oxygen atoms in total. The zero-order chi connectivity index (χ0) is 14.7. The summed E-state index contributed by atoms with van der Waals surface area (Å²) >= 11 is 0. The molecule has 0 bridgehead atoms. The molecular formula is C15H31NO3.